The Morgan fingerprint density at radius 1 is 1.43 bits per heavy atom. The standard InChI is InChI=1S/C6H5N4O2S.Ag/c7-13(11,12)5-3-1-2-4-6(5)9-10-8-4;/h1-3H,(H2-,7,8,9,10,11,12);/q-1;+1. The molecule has 0 radical (unpaired) electrons. The van der Waals surface area contributed by atoms with Gasteiger partial charge in [-0.05, 0) is 0 Å². The first-order chi connectivity index (χ1) is 6.50. The third kappa shape index (κ3) is 1.49. The van der Waals surface area contributed by atoms with Crippen LogP contribution in [-0.2, 0) is 31.4 Å². The SMILES string of the molecule is NS(=O)(=O)c1cccc2c1nn[n]2[Ag]. The number of rotatable bonds is 1. The Balaban J connectivity index is 2.92. The van der Waals surface area contributed by atoms with Crippen LogP contribution in [0.5, 0.6) is 0 Å². The average Bonchev–Trinajstić information content (AvgIpc) is 2.46. The fourth-order valence-corrected chi connectivity index (χ4v) is 2.12. The van der Waals surface area contributed by atoms with Gasteiger partial charge >= 0.3 is 92.4 Å². The topological polar surface area (TPSA) is 90.9 Å². The number of primary sulfonamides is 1. The molecule has 0 fully saturated rings. The summed E-state index contributed by atoms with van der Waals surface area (Å²) in [4.78, 5) is -0.0275. The van der Waals surface area contributed by atoms with Crippen molar-refractivity contribution in [2.45, 2.75) is 4.90 Å². The number of aromatic nitrogens is 3. The van der Waals surface area contributed by atoms with Gasteiger partial charge in [0.15, 0.2) is 0 Å². The second-order valence-corrected chi connectivity index (χ2v) is 4.74. The van der Waals surface area contributed by atoms with Gasteiger partial charge in [0.1, 0.15) is 0 Å². The fraction of sp³-hybridized carbons (Fsp3) is 0. The molecule has 1 aromatic carbocycles. The zero-order valence-corrected chi connectivity index (χ0v) is 8.98. The molecule has 1 aromatic heterocycles. The second-order valence-electron chi connectivity index (χ2n) is 2.59. The predicted molar refractivity (Wildman–Crippen MR) is 44.3 cm³/mol. The van der Waals surface area contributed by atoms with E-state index in [0.717, 1.165) is 0 Å². The van der Waals surface area contributed by atoms with Crippen LogP contribution in [0.2, 0.25) is 0 Å². The number of sulfonamides is 1. The molecule has 0 atom stereocenters. The Kier molecular flexibility index (Phi) is 2.20. The van der Waals surface area contributed by atoms with Gasteiger partial charge in [-0.15, -0.1) is 0 Å². The molecular weight excluding hydrogens is 300 g/mol. The van der Waals surface area contributed by atoms with Gasteiger partial charge in [-0.2, -0.15) is 0 Å². The molecule has 0 unspecified atom stereocenters. The third-order valence-corrected chi connectivity index (χ3v) is 3.11. The summed E-state index contributed by atoms with van der Waals surface area (Å²) in [5, 5.41) is 12.3. The molecule has 8 heteroatoms. The Labute approximate surface area is 92.4 Å². The predicted octanol–water partition coefficient (Wildman–Crippen LogP) is -0.611. The molecule has 2 N–H and O–H groups in total. The molecular formula is C6H5AgN4O2S. The van der Waals surface area contributed by atoms with E-state index in [1.807, 2.05) is 0 Å². The first-order valence-corrected chi connectivity index (χ1v) is 5.71. The van der Waals surface area contributed by atoms with E-state index < -0.39 is 10.0 Å². The molecule has 2 rings (SSSR count). The molecule has 6 nitrogen and oxygen atoms in total. The van der Waals surface area contributed by atoms with Crippen LogP contribution in [-0.4, -0.2) is 21.8 Å². The van der Waals surface area contributed by atoms with Crippen molar-refractivity contribution in [3.63, 3.8) is 0 Å². The second kappa shape index (κ2) is 3.14. The summed E-state index contributed by atoms with van der Waals surface area (Å²) in [6.45, 7) is 0. The Morgan fingerprint density at radius 3 is 2.79 bits per heavy atom. The number of nitrogens with zero attached hydrogens (tertiary/aromatic N) is 3. The van der Waals surface area contributed by atoms with Gasteiger partial charge in [0.05, 0.1) is 0 Å². The summed E-state index contributed by atoms with van der Waals surface area (Å²) in [5.41, 5.74) is 0.807. The van der Waals surface area contributed by atoms with E-state index in [1.165, 1.54) is 9.15 Å². The van der Waals surface area contributed by atoms with E-state index in [1.54, 1.807) is 12.1 Å². The zero-order valence-electron chi connectivity index (χ0n) is 6.68. The van der Waals surface area contributed by atoms with Crippen LogP contribution in [0.25, 0.3) is 11.0 Å². The number of fused-ring (bicyclic) bond motifs is 1. The molecule has 0 spiro atoms. The Morgan fingerprint density at radius 2 is 2.14 bits per heavy atom. The van der Waals surface area contributed by atoms with Gasteiger partial charge in [-0.3, -0.25) is 0 Å². The van der Waals surface area contributed by atoms with Crippen LogP contribution in [0, 0.1) is 0 Å². The van der Waals surface area contributed by atoms with Crippen LogP contribution < -0.4 is 5.14 Å². The van der Waals surface area contributed by atoms with E-state index in [0.29, 0.717) is 5.52 Å². The van der Waals surface area contributed by atoms with Crippen molar-refractivity contribution in [3.05, 3.63) is 18.2 Å². The van der Waals surface area contributed by atoms with E-state index >= 15 is 0 Å². The molecule has 78 valence electrons. The summed E-state index contributed by atoms with van der Waals surface area (Å²) in [6, 6.07) is 4.64. The molecule has 0 saturated heterocycles. The van der Waals surface area contributed by atoms with Gasteiger partial charge in [0, 0.05) is 0 Å². The third-order valence-electron chi connectivity index (χ3n) is 1.68. The Bertz CT molecular complexity index is 591. The van der Waals surface area contributed by atoms with Crippen molar-refractivity contribution in [1.29, 1.82) is 0 Å². The van der Waals surface area contributed by atoms with Gasteiger partial charge in [0.25, 0.3) is 0 Å². The molecule has 2 aromatic rings. The van der Waals surface area contributed by atoms with E-state index in [9.17, 15) is 8.42 Å². The van der Waals surface area contributed by atoms with Crippen molar-refractivity contribution in [3.8, 4) is 0 Å². The molecule has 0 saturated carbocycles. The van der Waals surface area contributed by atoms with Crippen molar-refractivity contribution in [2.75, 3.05) is 0 Å². The van der Waals surface area contributed by atoms with Crippen molar-refractivity contribution < 1.29 is 29.7 Å². The minimum absolute atomic E-state index is 0.0275. The molecule has 0 amide bonds. The van der Waals surface area contributed by atoms with Gasteiger partial charge in [-0.25, -0.2) is 0 Å². The first kappa shape index (κ1) is 9.81. The van der Waals surface area contributed by atoms with Crippen molar-refractivity contribution in [1.82, 2.24) is 13.4 Å². The number of nitrogens with two attached hydrogens (primary N) is 1. The minimum atomic E-state index is -3.75. The molecule has 14 heavy (non-hydrogen) atoms. The van der Waals surface area contributed by atoms with Gasteiger partial charge in [-0.1, -0.05) is 0 Å². The normalized spacial score (nSPS) is 12.2. The van der Waals surface area contributed by atoms with E-state index in [-0.39, 0.29) is 10.4 Å². The molecule has 0 aliphatic heterocycles. The molecule has 1 heterocycles. The summed E-state index contributed by atoms with van der Waals surface area (Å²) in [7, 11) is -3.75. The number of hydrogen-bond acceptors (Lipinski definition) is 4. The number of hydrogen-bond donors (Lipinski definition) is 1. The number of benzene rings is 1. The van der Waals surface area contributed by atoms with Crippen LogP contribution in [0.1, 0.15) is 0 Å². The maximum atomic E-state index is 11.1. The molecule has 0 bridgehead atoms. The van der Waals surface area contributed by atoms with Gasteiger partial charge in [0.2, 0.25) is 0 Å². The summed E-state index contributed by atoms with van der Waals surface area (Å²) in [5.74, 6) is 0. The van der Waals surface area contributed by atoms with Gasteiger partial charge < -0.3 is 0 Å². The van der Waals surface area contributed by atoms with Crippen molar-refractivity contribution >= 4 is 21.1 Å². The first-order valence-electron chi connectivity index (χ1n) is 3.50. The van der Waals surface area contributed by atoms with Crippen LogP contribution in [0.15, 0.2) is 23.1 Å². The maximum absolute atomic E-state index is 11.1. The molecule has 0 aliphatic rings. The van der Waals surface area contributed by atoms with Crippen LogP contribution in [0.3, 0.4) is 0 Å². The summed E-state index contributed by atoms with van der Waals surface area (Å²) in [6.07, 6.45) is 0. The zero-order chi connectivity index (χ0) is 10.3. The summed E-state index contributed by atoms with van der Waals surface area (Å²) >= 11 is 3.09. The van der Waals surface area contributed by atoms with E-state index in [4.69, 9.17) is 5.14 Å². The summed E-state index contributed by atoms with van der Waals surface area (Å²) < 4.78 is 23.6. The fourth-order valence-electron chi connectivity index (χ4n) is 1.10. The molecule has 0 aliphatic carbocycles. The average molecular weight is 305 g/mol. The quantitative estimate of drug-likeness (QED) is 0.712. The monoisotopic (exact) mass is 304 g/mol. The van der Waals surface area contributed by atoms with E-state index in [2.05, 4.69) is 31.6 Å². The van der Waals surface area contributed by atoms with Crippen LogP contribution in [0.4, 0.5) is 0 Å². The van der Waals surface area contributed by atoms with Crippen molar-refractivity contribution in [2.24, 2.45) is 5.14 Å². The Hall–Kier alpha value is -0.730. The van der Waals surface area contributed by atoms with Crippen LogP contribution >= 0.6 is 0 Å².